The number of pyridine rings is 2. The van der Waals surface area contributed by atoms with Crippen molar-refractivity contribution in [2.75, 3.05) is 13.2 Å². The van der Waals surface area contributed by atoms with Gasteiger partial charge >= 0.3 is 0 Å². The van der Waals surface area contributed by atoms with E-state index in [1.54, 1.807) is 0 Å². The van der Waals surface area contributed by atoms with Gasteiger partial charge in [0.05, 0.1) is 13.2 Å². The summed E-state index contributed by atoms with van der Waals surface area (Å²) in [5.74, 6) is -1.30. The van der Waals surface area contributed by atoms with Crippen LogP contribution >= 0.6 is 0 Å². The van der Waals surface area contributed by atoms with Crippen molar-refractivity contribution in [2.24, 2.45) is 0 Å². The van der Waals surface area contributed by atoms with Gasteiger partial charge < -0.3 is 9.47 Å². The maximum Gasteiger partial charge on any atom is 0.218 e. The molecule has 8 heteroatoms. The maximum atomic E-state index is 13.6. The molecule has 2 heterocycles. The first-order valence-corrected chi connectivity index (χ1v) is 17.1. The van der Waals surface area contributed by atoms with Crippen LogP contribution in [-0.4, -0.2) is 23.2 Å². The number of ether oxygens (including phenoxy) is 2. The fraction of sp³-hybridized carbons (Fsp3) is 0.209. The number of rotatable bonds is 13. The molecule has 4 nitrogen and oxygen atoms in total. The molecule has 6 rings (SSSR count). The molecule has 51 heavy (non-hydrogen) atoms. The number of aromatic nitrogens is 2. The Morgan fingerprint density at radius 1 is 0.431 bits per heavy atom. The molecule has 0 bridgehead atoms. The Labute approximate surface area is 296 Å². The van der Waals surface area contributed by atoms with Crippen molar-refractivity contribution in [3.8, 4) is 33.8 Å². The Bertz CT molecular complexity index is 1970. The molecule has 0 amide bonds. The average Bonchev–Trinajstić information content (AvgIpc) is 3.15. The Morgan fingerprint density at radius 2 is 0.804 bits per heavy atom. The first-order chi connectivity index (χ1) is 24.8. The summed E-state index contributed by atoms with van der Waals surface area (Å²) in [6, 6.07) is 37.6. The van der Waals surface area contributed by atoms with Gasteiger partial charge in [0.15, 0.2) is 0 Å². The minimum atomic E-state index is -0.791. The van der Waals surface area contributed by atoms with Gasteiger partial charge in [-0.25, -0.2) is 0 Å². The second-order valence-electron chi connectivity index (χ2n) is 11.9. The summed E-state index contributed by atoms with van der Waals surface area (Å²) in [7, 11) is 0. The van der Waals surface area contributed by atoms with Crippen LogP contribution in [0, 0.1) is 23.8 Å². The van der Waals surface area contributed by atoms with E-state index in [4.69, 9.17) is 9.47 Å². The number of halogens is 4. The highest BCUT2D eigenvalue weighted by molar-refractivity contribution is 5.65. The zero-order chi connectivity index (χ0) is 36.0. The highest BCUT2D eigenvalue weighted by atomic mass is 19.1. The first-order valence-electron chi connectivity index (χ1n) is 17.1. The largest absolute Gasteiger partial charge is 0.494 e. The summed E-state index contributed by atoms with van der Waals surface area (Å²) in [6.45, 7) is 5.41. The lowest BCUT2D eigenvalue weighted by Crippen LogP contribution is -1.99. The van der Waals surface area contributed by atoms with Crippen molar-refractivity contribution >= 4 is 0 Å². The predicted molar refractivity (Wildman–Crippen MR) is 194 cm³/mol. The molecular formula is C43H40F4N2O2. The second-order valence-corrected chi connectivity index (χ2v) is 11.9. The predicted octanol–water partition coefficient (Wildman–Crippen LogP) is 10.8. The number of benzene rings is 4. The van der Waals surface area contributed by atoms with E-state index in [2.05, 4.69) is 29.0 Å². The van der Waals surface area contributed by atoms with Crippen molar-refractivity contribution in [2.45, 2.75) is 46.0 Å². The van der Waals surface area contributed by atoms with Crippen molar-refractivity contribution in [3.63, 3.8) is 0 Å². The van der Waals surface area contributed by atoms with Crippen LogP contribution in [0.25, 0.3) is 22.3 Å². The van der Waals surface area contributed by atoms with Gasteiger partial charge in [0, 0.05) is 11.1 Å². The van der Waals surface area contributed by atoms with Crippen LogP contribution in [0.1, 0.15) is 42.5 Å². The van der Waals surface area contributed by atoms with Crippen molar-refractivity contribution in [3.05, 3.63) is 167 Å². The monoisotopic (exact) mass is 692 g/mol. The standard InChI is InChI=1S/C22H21F2NO.C21H19F2NO/c1-2-15-26-20-12-9-18(10-13-20)17-6-3-16(4-7-17)5-8-19-11-14-21(23)25-22(19)24;1-2-25-19-12-9-17(10-13-19)16-6-3-15(4-7-16)5-8-18-11-14-20(22)24-21(18)23/h3-4,6-7,9-14H,2,5,8,15H2,1H3;3-4,6-7,9-14H,2,5,8H2,1H3. The Morgan fingerprint density at radius 3 is 1.16 bits per heavy atom. The normalized spacial score (nSPS) is 10.7. The van der Waals surface area contributed by atoms with Crippen molar-refractivity contribution in [1.29, 1.82) is 0 Å². The molecular weight excluding hydrogens is 652 g/mol. The first kappa shape index (κ1) is 36.8. The molecule has 0 aliphatic heterocycles. The SMILES string of the molecule is CCCOc1ccc(-c2ccc(CCc3ccc(F)nc3F)cc2)cc1.CCOc1ccc(-c2ccc(CCc3ccc(F)nc3F)cc2)cc1. The number of hydrogen-bond donors (Lipinski definition) is 0. The molecule has 0 spiro atoms. The molecule has 0 aliphatic rings. The van der Waals surface area contributed by atoms with E-state index < -0.39 is 23.8 Å². The lowest BCUT2D eigenvalue weighted by atomic mass is 10.0. The van der Waals surface area contributed by atoms with Crippen LogP contribution in [0.2, 0.25) is 0 Å². The molecule has 4 aromatic carbocycles. The van der Waals surface area contributed by atoms with Gasteiger partial charge in [-0.15, -0.1) is 0 Å². The molecule has 0 fully saturated rings. The van der Waals surface area contributed by atoms with Crippen LogP contribution < -0.4 is 9.47 Å². The maximum absolute atomic E-state index is 13.6. The summed E-state index contributed by atoms with van der Waals surface area (Å²) in [4.78, 5) is 6.44. The smallest absolute Gasteiger partial charge is 0.218 e. The number of nitrogens with zero attached hydrogens (tertiary/aromatic N) is 2. The highest BCUT2D eigenvalue weighted by Crippen LogP contribution is 2.25. The third-order valence-electron chi connectivity index (χ3n) is 8.22. The molecule has 0 saturated heterocycles. The molecule has 2 aromatic heterocycles. The quantitative estimate of drug-likeness (QED) is 0.0893. The molecule has 0 unspecified atom stereocenters. The molecule has 0 aliphatic carbocycles. The zero-order valence-corrected chi connectivity index (χ0v) is 28.7. The fourth-order valence-electron chi connectivity index (χ4n) is 5.41. The molecule has 0 radical (unpaired) electrons. The van der Waals surface area contributed by atoms with Crippen LogP contribution in [0.15, 0.2) is 121 Å². The summed E-state index contributed by atoms with van der Waals surface area (Å²) in [5.41, 5.74) is 7.51. The minimum Gasteiger partial charge on any atom is -0.494 e. The topological polar surface area (TPSA) is 44.2 Å². The number of aryl methyl sites for hydroxylation is 4. The van der Waals surface area contributed by atoms with Crippen LogP contribution in [0.5, 0.6) is 11.5 Å². The summed E-state index contributed by atoms with van der Waals surface area (Å²) < 4.78 is 63.9. The van der Waals surface area contributed by atoms with Crippen molar-refractivity contribution in [1.82, 2.24) is 9.97 Å². The van der Waals surface area contributed by atoms with Crippen molar-refractivity contribution < 1.29 is 27.0 Å². The van der Waals surface area contributed by atoms with Gasteiger partial charge in [-0.2, -0.15) is 27.5 Å². The van der Waals surface area contributed by atoms with Gasteiger partial charge in [-0.05, 0) is 121 Å². The lowest BCUT2D eigenvalue weighted by Gasteiger charge is -2.08. The van der Waals surface area contributed by atoms with E-state index in [-0.39, 0.29) is 0 Å². The van der Waals surface area contributed by atoms with E-state index >= 15 is 0 Å². The Balaban J connectivity index is 0.000000198. The zero-order valence-electron chi connectivity index (χ0n) is 28.7. The van der Waals surface area contributed by atoms with Gasteiger partial charge in [-0.3, -0.25) is 0 Å². The lowest BCUT2D eigenvalue weighted by molar-refractivity contribution is 0.317. The number of hydrogen-bond acceptors (Lipinski definition) is 4. The van der Waals surface area contributed by atoms with E-state index in [0.29, 0.717) is 43.4 Å². The molecule has 0 saturated carbocycles. The Kier molecular flexibility index (Phi) is 13.3. The molecule has 0 N–H and O–H groups in total. The molecule has 6 aromatic rings. The third kappa shape index (κ3) is 11.0. The second kappa shape index (κ2) is 18.5. The minimum absolute atomic E-state index is 0.428. The fourth-order valence-corrected chi connectivity index (χ4v) is 5.41. The van der Waals surface area contributed by atoms with Gasteiger partial charge in [0.25, 0.3) is 0 Å². The summed E-state index contributed by atoms with van der Waals surface area (Å²) in [5, 5.41) is 0. The van der Waals surface area contributed by atoms with E-state index in [9.17, 15) is 17.6 Å². The van der Waals surface area contributed by atoms with E-state index in [1.807, 2.05) is 91.9 Å². The van der Waals surface area contributed by atoms with E-state index in [0.717, 1.165) is 57.9 Å². The van der Waals surface area contributed by atoms with Gasteiger partial charge in [-0.1, -0.05) is 79.7 Å². The summed E-state index contributed by atoms with van der Waals surface area (Å²) in [6.07, 6.45) is 3.31. The van der Waals surface area contributed by atoms with Crippen LogP contribution in [-0.2, 0) is 25.7 Å². The van der Waals surface area contributed by atoms with E-state index in [1.165, 1.54) is 24.3 Å². The average molecular weight is 693 g/mol. The molecule has 262 valence electrons. The van der Waals surface area contributed by atoms with Gasteiger partial charge in [0.2, 0.25) is 23.8 Å². The van der Waals surface area contributed by atoms with Gasteiger partial charge in [0.1, 0.15) is 11.5 Å². The highest BCUT2D eigenvalue weighted by Gasteiger charge is 2.08. The Hall–Kier alpha value is -5.50. The van der Waals surface area contributed by atoms with Crippen LogP contribution in [0.4, 0.5) is 17.6 Å². The third-order valence-corrected chi connectivity index (χ3v) is 8.22. The summed E-state index contributed by atoms with van der Waals surface area (Å²) >= 11 is 0. The molecule has 0 atom stereocenters. The van der Waals surface area contributed by atoms with Crippen LogP contribution in [0.3, 0.4) is 0 Å².